The van der Waals surface area contributed by atoms with Crippen molar-refractivity contribution in [3.63, 3.8) is 0 Å². The van der Waals surface area contributed by atoms with Crippen molar-refractivity contribution in [2.75, 3.05) is 0 Å². The van der Waals surface area contributed by atoms with Crippen molar-refractivity contribution in [1.82, 2.24) is 0 Å². The van der Waals surface area contributed by atoms with E-state index in [4.69, 9.17) is 0 Å². The number of rotatable bonds is 2. The molecule has 0 amide bonds. The summed E-state index contributed by atoms with van der Waals surface area (Å²) in [6, 6.07) is -4.47. The van der Waals surface area contributed by atoms with E-state index in [2.05, 4.69) is 5.73 Å². The summed E-state index contributed by atoms with van der Waals surface area (Å²) in [4.78, 5) is 0. The van der Waals surface area contributed by atoms with Crippen LogP contribution in [-0.2, 0) is 12.4 Å². The van der Waals surface area contributed by atoms with Gasteiger partial charge in [-0.2, -0.15) is 48.3 Å². The first-order valence-corrected chi connectivity index (χ1v) is 5.48. The van der Waals surface area contributed by atoms with Crippen LogP contribution in [0.3, 0.4) is 0 Å². The molecule has 140 valence electrons. The lowest BCUT2D eigenvalue weighted by atomic mass is 9.93. The fourth-order valence-electron chi connectivity index (χ4n) is 1.63. The van der Waals surface area contributed by atoms with Gasteiger partial charge in [0.2, 0.25) is 0 Å². The second-order valence-electron chi connectivity index (χ2n) is 4.40. The summed E-state index contributed by atoms with van der Waals surface area (Å²) in [7, 11) is 0. The molecule has 1 aromatic rings. The number of alkyl halides is 11. The van der Waals surface area contributed by atoms with Gasteiger partial charge < -0.3 is 5.73 Å². The molecule has 1 atom stereocenters. The molecule has 0 unspecified atom stereocenters. The topological polar surface area (TPSA) is 26.0 Å². The van der Waals surface area contributed by atoms with Crippen molar-refractivity contribution in [2.45, 2.75) is 30.5 Å². The standard InChI is InChI=1S/C11H6F11N.ClH/c12-8(13,11(20,21)22)7(23)5-3-4(9(14,15)16)1-2-6(5)10(17,18)19;/h1-3,7H,23H2;1H/t7-;/m1./s1. The number of benzene rings is 1. The molecule has 1 rings (SSSR count). The molecular weight excluding hydrogens is 391 g/mol. The fraction of sp³-hybridized carbons (Fsp3) is 0.455. The highest BCUT2D eigenvalue weighted by Crippen LogP contribution is 2.47. The molecule has 0 saturated carbocycles. The van der Waals surface area contributed by atoms with E-state index in [9.17, 15) is 48.3 Å². The second kappa shape index (κ2) is 6.54. The summed E-state index contributed by atoms with van der Waals surface area (Å²) in [5, 5.41) is 0. The molecule has 0 heterocycles. The predicted molar refractivity (Wildman–Crippen MR) is 61.6 cm³/mol. The maximum Gasteiger partial charge on any atom is 0.455 e. The molecule has 0 spiro atoms. The van der Waals surface area contributed by atoms with Crippen LogP contribution in [-0.4, -0.2) is 12.1 Å². The second-order valence-corrected chi connectivity index (χ2v) is 4.40. The van der Waals surface area contributed by atoms with Gasteiger partial charge in [0.05, 0.1) is 11.1 Å². The number of hydrogen-bond donors (Lipinski definition) is 1. The van der Waals surface area contributed by atoms with Gasteiger partial charge in [0.25, 0.3) is 0 Å². The Morgan fingerprint density at radius 2 is 1.21 bits per heavy atom. The van der Waals surface area contributed by atoms with Crippen LogP contribution in [0, 0.1) is 0 Å². The van der Waals surface area contributed by atoms with Crippen molar-refractivity contribution < 1.29 is 48.3 Å². The monoisotopic (exact) mass is 397 g/mol. The predicted octanol–water partition coefficient (Wildman–Crippen LogP) is 5.34. The van der Waals surface area contributed by atoms with E-state index in [1.807, 2.05) is 0 Å². The zero-order valence-corrected chi connectivity index (χ0v) is 11.8. The van der Waals surface area contributed by atoms with Crippen molar-refractivity contribution in [3.8, 4) is 0 Å². The third-order valence-electron chi connectivity index (χ3n) is 2.79. The first-order chi connectivity index (χ1) is 9.99. The zero-order chi connectivity index (χ0) is 18.4. The summed E-state index contributed by atoms with van der Waals surface area (Å²) in [6.45, 7) is 0. The van der Waals surface area contributed by atoms with Crippen molar-refractivity contribution in [3.05, 3.63) is 34.9 Å². The molecule has 0 aliphatic rings. The highest BCUT2D eigenvalue weighted by molar-refractivity contribution is 5.85. The molecule has 0 bridgehead atoms. The van der Waals surface area contributed by atoms with E-state index in [-0.39, 0.29) is 24.5 Å². The van der Waals surface area contributed by atoms with Gasteiger partial charge in [0.1, 0.15) is 6.04 Å². The molecule has 1 aromatic carbocycles. The number of hydrogen-bond acceptors (Lipinski definition) is 1. The van der Waals surface area contributed by atoms with Gasteiger partial charge in [0, 0.05) is 0 Å². The third-order valence-corrected chi connectivity index (χ3v) is 2.79. The van der Waals surface area contributed by atoms with E-state index in [1.54, 1.807) is 0 Å². The first-order valence-electron chi connectivity index (χ1n) is 5.48. The average molecular weight is 398 g/mol. The molecule has 1 nitrogen and oxygen atoms in total. The van der Waals surface area contributed by atoms with Crippen LogP contribution in [0.15, 0.2) is 18.2 Å². The minimum absolute atomic E-state index is 0. The van der Waals surface area contributed by atoms with Gasteiger partial charge in [-0.3, -0.25) is 0 Å². The molecular formula is C11H7ClF11N. The molecule has 2 N–H and O–H groups in total. The SMILES string of the molecule is Cl.N[C@H](c1cc(C(F)(F)F)ccc1C(F)(F)F)C(F)(F)C(F)(F)F. The molecule has 13 heteroatoms. The summed E-state index contributed by atoms with van der Waals surface area (Å²) >= 11 is 0. The summed E-state index contributed by atoms with van der Waals surface area (Å²) in [5.41, 5.74) is -1.42. The molecule has 0 saturated heterocycles. The van der Waals surface area contributed by atoms with E-state index in [0.29, 0.717) is 0 Å². The smallest absolute Gasteiger partial charge is 0.319 e. The van der Waals surface area contributed by atoms with Gasteiger partial charge in [0.15, 0.2) is 0 Å². The summed E-state index contributed by atoms with van der Waals surface area (Å²) in [5.74, 6) is -5.86. The van der Waals surface area contributed by atoms with Gasteiger partial charge in [-0.15, -0.1) is 12.4 Å². The lowest BCUT2D eigenvalue weighted by Crippen LogP contribution is -2.46. The Kier molecular flexibility index (Phi) is 6.19. The van der Waals surface area contributed by atoms with Crippen LogP contribution in [0.25, 0.3) is 0 Å². The zero-order valence-electron chi connectivity index (χ0n) is 11.0. The summed E-state index contributed by atoms with van der Waals surface area (Å²) in [6.07, 6.45) is -17.1. The molecule has 0 aliphatic carbocycles. The Bertz CT molecular complexity index is 573. The van der Waals surface area contributed by atoms with Gasteiger partial charge in [-0.05, 0) is 23.8 Å². The Morgan fingerprint density at radius 3 is 1.54 bits per heavy atom. The Labute approximate surface area is 133 Å². The number of halogens is 12. The lowest BCUT2D eigenvalue weighted by Gasteiger charge is -2.28. The minimum atomic E-state index is -6.34. The minimum Gasteiger partial charge on any atom is -0.319 e. The lowest BCUT2D eigenvalue weighted by molar-refractivity contribution is -0.291. The van der Waals surface area contributed by atoms with Crippen molar-refractivity contribution >= 4 is 12.4 Å². The Morgan fingerprint density at radius 1 is 0.750 bits per heavy atom. The Hall–Kier alpha value is -1.30. The van der Waals surface area contributed by atoms with Crippen LogP contribution in [0.5, 0.6) is 0 Å². The maximum atomic E-state index is 13.1. The van der Waals surface area contributed by atoms with E-state index >= 15 is 0 Å². The number of nitrogens with two attached hydrogens (primary N) is 1. The molecule has 0 fully saturated rings. The quantitative estimate of drug-likeness (QED) is 0.670. The van der Waals surface area contributed by atoms with Crippen molar-refractivity contribution in [2.24, 2.45) is 5.73 Å². The van der Waals surface area contributed by atoms with E-state index in [0.717, 1.165) is 0 Å². The highest BCUT2D eigenvalue weighted by atomic mass is 35.5. The van der Waals surface area contributed by atoms with Crippen LogP contribution in [0.2, 0.25) is 0 Å². The van der Waals surface area contributed by atoms with Gasteiger partial charge >= 0.3 is 24.5 Å². The van der Waals surface area contributed by atoms with Crippen LogP contribution >= 0.6 is 12.4 Å². The average Bonchev–Trinajstić information content (AvgIpc) is 2.33. The van der Waals surface area contributed by atoms with Crippen molar-refractivity contribution in [1.29, 1.82) is 0 Å². The van der Waals surface area contributed by atoms with Crippen LogP contribution in [0.4, 0.5) is 48.3 Å². The normalized spacial score (nSPS) is 15.0. The molecule has 0 radical (unpaired) electrons. The summed E-state index contributed by atoms with van der Waals surface area (Å²) < 4.78 is 138. The van der Waals surface area contributed by atoms with E-state index < -0.39 is 53.2 Å². The molecule has 0 aliphatic heterocycles. The van der Waals surface area contributed by atoms with Crippen LogP contribution in [0.1, 0.15) is 22.7 Å². The van der Waals surface area contributed by atoms with Crippen LogP contribution < -0.4 is 5.73 Å². The molecule has 24 heavy (non-hydrogen) atoms. The highest BCUT2D eigenvalue weighted by Gasteiger charge is 2.62. The largest absolute Gasteiger partial charge is 0.455 e. The van der Waals surface area contributed by atoms with Gasteiger partial charge in [-0.25, -0.2) is 0 Å². The fourth-order valence-corrected chi connectivity index (χ4v) is 1.63. The third kappa shape index (κ3) is 4.41. The van der Waals surface area contributed by atoms with Gasteiger partial charge in [-0.1, -0.05) is 0 Å². The first kappa shape index (κ1) is 22.7. The van der Waals surface area contributed by atoms with E-state index in [1.165, 1.54) is 0 Å². The Balaban J connectivity index is 0.00000529. The maximum absolute atomic E-state index is 13.1. The molecule has 0 aromatic heterocycles.